The topological polar surface area (TPSA) is 72.0 Å². The normalized spacial score (nSPS) is 24.5. The molecule has 2 aromatic rings. The number of hydrogen-bond acceptors (Lipinski definition) is 5. The van der Waals surface area contributed by atoms with Crippen molar-refractivity contribution in [3.8, 4) is 11.1 Å². The highest BCUT2D eigenvalue weighted by Gasteiger charge is 2.40. The molecule has 1 aromatic heterocycles. The highest BCUT2D eigenvalue weighted by molar-refractivity contribution is 7.90. The van der Waals surface area contributed by atoms with E-state index >= 15 is 0 Å². The van der Waals surface area contributed by atoms with Gasteiger partial charge in [0.05, 0.1) is 5.56 Å². The average molecular weight is 411 g/mol. The molecule has 2 saturated carbocycles. The second-order valence-electron chi connectivity index (χ2n) is 7.69. The maximum absolute atomic E-state index is 12.8. The molecule has 9 heteroatoms. The first-order chi connectivity index (χ1) is 13.1. The summed E-state index contributed by atoms with van der Waals surface area (Å²) in [5.41, 5.74) is 0.246. The molecular weight excluding hydrogens is 391 g/mol. The van der Waals surface area contributed by atoms with E-state index in [1.807, 2.05) is 0 Å². The van der Waals surface area contributed by atoms with Gasteiger partial charge in [0.15, 0.2) is 0 Å². The van der Waals surface area contributed by atoms with Crippen LogP contribution in [0.3, 0.4) is 0 Å². The van der Waals surface area contributed by atoms with E-state index in [1.165, 1.54) is 24.8 Å². The van der Waals surface area contributed by atoms with Crippen LogP contribution in [0.1, 0.15) is 31.2 Å². The molecule has 150 valence electrons. The molecule has 3 atom stereocenters. The summed E-state index contributed by atoms with van der Waals surface area (Å²) in [5.74, 6) is 1.54. The molecule has 1 aromatic carbocycles. The molecule has 2 bridgehead atoms. The van der Waals surface area contributed by atoms with Gasteiger partial charge in [-0.3, -0.25) is 0 Å². The monoisotopic (exact) mass is 411 g/mol. The Morgan fingerprint density at radius 2 is 1.82 bits per heavy atom. The lowest BCUT2D eigenvalue weighted by molar-refractivity contribution is -0.137. The summed E-state index contributed by atoms with van der Waals surface area (Å²) in [7, 11) is -3.61. The number of hydrogen-bond donors (Lipinski definition) is 1. The lowest BCUT2D eigenvalue weighted by atomic mass is 9.95. The lowest BCUT2D eigenvalue weighted by Crippen LogP contribution is -2.27. The van der Waals surface area contributed by atoms with E-state index in [0.717, 1.165) is 37.7 Å². The molecule has 4 rings (SSSR count). The maximum Gasteiger partial charge on any atom is 0.416 e. The van der Waals surface area contributed by atoms with Crippen molar-refractivity contribution < 1.29 is 21.6 Å². The van der Waals surface area contributed by atoms with E-state index in [1.54, 1.807) is 0 Å². The Hall–Kier alpha value is -2.16. The fourth-order valence-corrected chi connectivity index (χ4v) is 4.80. The Kier molecular flexibility index (Phi) is 4.60. The minimum atomic E-state index is -4.42. The summed E-state index contributed by atoms with van der Waals surface area (Å²) >= 11 is 0. The SMILES string of the molecule is CS(=O)(=O)c1ncc(-c2ccc(C(F)(F)F)cc2)c(N[C@@H]2C[C@@H]3CC[C@H]2C3)n1. The van der Waals surface area contributed by atoms with Crippen molar-refractivity contribution in [1.82, 2.24) is 9.97 Å². The van der Waals surface area contributed by atoms with Crippen molar-refractivity contribution in [2.45, 2.75) is 43.1 Å². The Bertz CT molecular complexity index is 990. The quantitative estimate of drug-likeness (QED) is 0.765. The number of fused-ring (bicyclic) bond motifs is 2. The van der Waals surface area contributed by atoms with Gasteiger partial charge in [0, 0.05) is 24.1 Å². The van der Waals surface area contributed by atoms with Gasteiger partial charge in [-0.15, -0.1) is 0 Å². The molecule has 0 radical (unpaired) electrons. The number of alkyl halides is 3. The number of rotatable bonds is 4. The number of nitrogens with one attached hydrogen (secondary N) is 1. The Morgan fingerprint density at radius 1 is 1.11 bits per heavy atom. The van der Waals surface area contributed by atoms with Gasteiger partial charge >= 0.3 is 6.18 Å². The second kappa shape index (κ2) is 6.72. The summed E-state index contributed by atoms with van der Waals surface area (Å²) < 4.78 is 62.3. The number of benzene rings is 1. The van der Waals surface area contributed by atoms with Gasteiger partial charge in [0.1, 0.15) is 5.82 Å². The van der Waals surface area contributed by atoms with Gasteiger partial charge in [-0.2, -0.15) is 13.2 Å². The van der Waals surface area contributed by atoms with Crippen LogP contribution in [-0.2, 0) is 16.0 Å². The van der Waals surface area contributed by atoms with E-state index in [0.29, 0.717) is 28.8 Å². The number of anilines is 1. The first kappa shape index (κ1) is 19.2. The van der Waals surface area contributed by atoms with E-state index in [2.05, 4.69) is 15.3 Å². The van der Waals surface area contributed by atoms with Gasteiger partial charge in [0.2, 0.25) is 15.0 Å². The fourth-order valence-electron chi connectivity index (χ4n) is 4.30. The van der Waals surface area contributed by atoms with Crippen LogP contribution < -0.4 is 5.32 Å². The van der Waals surface area contributed by atoms with Crippen molar-refractivity contribution in [1.29, 1.82) is 0 Å². The predicted molar refractivity (Wildman–Crippen MR) is 98.4 cm³/mol. The molecule has 5 nitrogen and oxygen atoms in total. The van der Waals surface area contributed by atoms with Gasteiger partial charge in [-0.25, -0.2) is 18.4 Å². The van der Waals surface area contributed by atoms with Gasteiger partial charge in [-0.1, -0.05) is 18.6 Å². The number of sulfone groups is 1. The second-order valence-corrected chi connectivity index (χ2v) is 9.60. The molecule has 2 aliphatic rings. The Balaban J connectivity index is 1.71. The molecule has 2 aliphatic carbocycles. The largest absolute Gasteiger partial charge is 0.416 e. The van der Waals surface area contributed by atoms with Crippen molar-refractivity contribution in [3.05, 3.63) is 36.0 Å². The summed E-state index contributed by atoms with van der Waals surface area (Å²) in [4.78, 5) is 8.13. The fraction of sp³-hybridized carbons (Fsp3) is 0.474. The van der Waals surface area contributed by atoms with Crippen molar-refractivity contribution in [2.24, 2.45) is 11.8 Å². The van der Waals surface area contributed by atoms with Crippen molar-refractivity contribution >= 4 is 15.7 Å². The molecular formula is C19H20F3N3O2S. The predicted octanol–water partition coefficient (Wildman–Crippen LogP) is 4.17. The Labute approximate surface area is 161 Å². The van der Waals surface area contributed by atoms with Crippen LogP contribution in [0.2, 0.25) is 0 Å². The van der Waals surface area contributed by atoms with Gasteiger partial charge in [-0.05, 0) is 48.8 Å². The maximum atomic E-state index is 12.8. The first-order valence-electron chi connectivity index (χ1n) is 9.12. The molecule has 1 N–H and O–H groups in total. The van der Waals surface area contributed by atoms with Crippen LogP contribution in [0.5, 0.6) is 0 Å². The van der Waals surface area contributed by atoms with Crippen LogP contribution >= 0.6 is 0 Å². The van der Waals surface area contributed by atoms with Crippen LogP contribution in [0, 0.1) is 11.8 Å². The average Bonchev–Trinajstić information content (AvgIpc) is 3.23. The molecule has 2 fully saturated rings. The van der Waals surface area contributed by atoms with Gasteiger partial charge < -0.3 is 5.32 Å². The molecule has 1 heterocycles. The van der Waals surface area contributed by atoms with E-state index in [9.17, 15) is 21.6 Å². The minimum absolute atomic E-state index is 0.189. The molecule has 0 saturated heterocycles. The third kappa shape index (κ3) is 3.72. The summed E-state index contributed by atoms with van der Waals surface area (Å²) in [6.07, 6.45) is 2.46. The van der Waals surface area contributed by atoms with Crippen molar-refractivity contribution in [3.63, 3.8) is 0 Å². The molecule has 28 heavy (non-hydrogen) atoms. The molecule has 0 amide bonds. The van der Waals surface area contributed by atoms with Crippen LogP contribution in [-0.4, -0.2) is 30.7 Å². The van der Waals surface area contributed by atoms with Crippen LogP contribution in [0.15, 0.2) is 35.6 Å². The van der Waals surface area contributed by atoms with Crippen LogP contribution in [0.4, 0.5) is 19.0 Å². The van der Waals surface area contributed by atoms with Crippen LogP contribution in [0.25, 0.3) is 11.1 Å². The lowest BCUT2D eigenvalue weighted by Gasteiger charge is -2.24. The van der Waals surface area contributed by atoms with E-state index < -0.39 is 21.6 Å². The highest BCUT2D eigenvalue weighted by atomic mass is 32.2. The zero-order valence-electron chi connectivity index (χ0n) is 15.2. The molecule has 0 unspecified atom stereocenters. The Morgan fingerprint density at radius 3 is 2.36 bits per heavy atom. The molecule has 0 aliphatic heterocycles. The standard InChI is InChI=1S/C19H20F3N3O2S/c1-28(26,27)18-23-10-15(12-4-6-14(7-5-12)19(20,21)22)17(25-18)24-16-9-11-2-3-13(16)8-11/h4-7,10-11,13,16H,2-3,8-9H2,1H3,(H,23,24,25)/t11-,13+,16-/m1/s1. The summed E-state index contributed by atoms with van der Waals surface area (Å²) in [6.45, 7) is 0. The third-order valence-corrected chi connectivity index (χ3v) is 6.54. The smallest absolute Gasteiger partial charge is 0.366 e. The van der Waals surface area contributed by atoms with Crippen molar-refractivity contribution in [2.75, 3.05) is 11.6 Å². The minimum Gasteiger partial charge on any atom is -0.366 e. The number of aromatic nitrogens is 2. The summed E-state index contributed by atoms with van der Waals surface area (Å²) in [5, 5.41) is 3.06. The molecule has 0 spiro atoms. The first-order valence-corrected chi connectivity index (χ1v) is 11.0. The third-order valence-electron chi connectivity index (χ3n) is 5.68. The van der Waals surface area contributed by atoms with E-state index in [4.69, 9.17) is 0 Å². The highest BCUT2D eigenvalue weighted by Crippen LogP contribution is 2.46. The number of nitrogens with zero attached hydrogens (tertiary/aromatic N) is 2. The van der Waals surface area contributed by atoms with E-state index in [-0.39, 0.29) is 11.2 Å². The zero-order chi connectivity index (χ0) is 20.1. The number of halogens is 3. The van der Waals surface area contributed by atoms with Gasteiger partial charge in [0.25, 0.3) is 0 Å². The zero-order valence-corrected chi connectivity index (χ0v) is 16.0. The summed E-state index contributed by atoms with van der Waals surface area (Å²) in [6, 6.07) is 4.90.